The van der Waals surface area contributed by atoms with E-state index in [1.165, 1.54) is 0 Å². The lowest BCUT2D eigenvalue weighted by molar-refractivity contribution is 0.415. The average molecular weight is 872 g/mol. The van der Waals surface area contributed by atoms with Gasteiger partial charge in [-0.1, -0.05) is 111 Å². The van der Waals surface area contributed by atoms with Crippen LogP contribution in [0.25, 0.3) is 32.7 Å². The molecule has 6 aromatic rings. The number of hydrogen-bond donors (Lipinski definition) is 2. The first-order chi connectivity index (χ1) is 25.9. The van der Waals surface area contributed by atoms with E-state index in [1.807, 2.05) is 26.0 Å². The molecule has 296 valence electrons. The number of nitrogens with zero attached hydrogens (tertiary/aromatic N) is 2. The number of methoxy groups -OCH3 is 3. The SMILES string of the molecule is CC(C)N.COc1ccc2c(=O)cc(CC(C)C)[nH]c2c1Cl.COc1ccc2c(Cl)cc(CC(C)C)nc2c1Cl.COc1ccc2c(Cl)cc(Cl)nc2c1Cl. The van der Waals surface area contributed by atoms with Crippen LogP contribution < -0.4 is 25.4 Å². The highest BCUT2D eigenvalue weighted by Gasteiger charge is 2.14. The van der Waals surface area contributed by atoms with Gasteiger partial charge in [0.1, 0.15) is 37.5 Å². The van der Waals surface area contributed by atoms with E-state index in [2.05, 4.69) is 42.6 Å². The number of hydrogen-bond acceptors (Lipinski definition) is 7. The van der Waals surface area contributed by atoms with Gasteiger partial charge in [-0.05, 0) is 79.3 Å². The summed E-state index contributed by atoms with van der Waals surface area (Å²) in [4.78, 5) is 23.9. The molecule has 0 aliphatic heterocycles. The van der Waals surface area contributed by atoms with Crippen LogP contribution >= 0.6 is 69.6 Å². The first kappa shape index (κ1) is 46.2. The Bertz CT molecular complexity index is 2290. The minimum atomic E-state index is -0.0102. The van der Waals surface area contributed by atoms with Crippen LogP contribution in [0.5, 0.6) is 17.2 Å². The number of aromatic amines is 1. The second-order valence-corrected chi connectivity index (χ2v) is 15.9. The van der Waals surface area contributed by atoms with Crippen molar-refractivity contribution in [3.8, 4) is 17.2 Å². The van der Waals surface area contributed by atoms with Gasteiger partial charge in [-0.3, -0.25) is 9.78 Å². The summed E-state index contributed by atoms with van der Waals surface area (Å²) in [5, 5.41) is 5.10. The standard InChI is InChI=1S/C14H15Cl2NO.C14H16ClNO2.C10H6Cl3NO.C3H9N/c1-8(2)6-9-7-11(15)10-4-5-12(18-3)13(16)14(10)17-9;1-8(2)6-9-7-11(17)10-4-5-12(18-3)13(15)14(10)16-9;1-15-7-3-2-5-6(11)4-8(12)14-10(5)9(7)13;1-3(2)4/h4-5,7-8H,6H2,1-3H3;4-5,7-8H,6H2,1-3H3,(H,16,17);2-4H,1H3;3H,4H2,1-2H3. The number of nitrogens with one attached hydrogen (secondary N) is 1. The Morgan fingerprint density at radius 2 is 1.05 bits per heavy atom. The summed E-state index contributed by atoms with van der Waals surface area (Å²) >= 11 is 36.7. The number of nitrogens with two attached hydrogens (primary N) is 1. The van der Waals surface area contributed by atoms with Gasteiger partial charge in [0.2, 0.25) is 0 Å². The lowest BCUT2D eigenvalue weighted by Gasteiger charge is -2.10. The number of H-pyrrole nitrogens is 1. The highest BCUT2D eigenvalue weighted by atomic mass is 35.5. The summed E-state index contributed by atoms with van der Waals surface area (Å²) in [5.74, 6) is 2.74. The van der Waals surface area contributed by atoms with Crippen LogP contribution in [0.15, 0.2) is 59.4 Å². The molecule has 3 aromatic carbocycles. The van der Waals surface area contributed by atoms with Crippen molar-refractivity contribution in [2.24, 2.45) is 17.6 Å². The second-order valence-electron chi connectivity index (χ2n) is 13.6. The van der Waals surface area contributed by atoms with E-state index in [4.69, 9.17) is 89.5 Å². The quantitative estimate of drug-likeness (QED) is 0.154. The van der Waals surface area contributed by atoms with Gasteiger partial charge in [0.15, 0.2) is 5.43 Å². The summed E-state index contributed by atoms with van der Waals surface area (Å²) in [6.45, 7) is 12.4. The summed E-state index contributed by atoms with van der Waals surface area (Å²) in [6.07, 6.45) is 1.70. The maximum atomic E-state index is 12.0. The largest absolute Gasteiger partial charge is 0.495 e. The van der Waals surface area contributed by atoms with Crippen LogP contribution in [-0.4, -0.2) is 42.3 Å². The van der Waals surface area contributed by atoms with E-state index in [1.54, 1.807) is 63.8 Å². The van der Waals surface area contributed by atoms with Crippen molar-refractivity contribution in [2.75, 3.05) is 21.3 Å². The zero-order valence-corrected chi connectivity index (χ0v) is 36.8. The molecule has 0 saturated heterocycles. The topological polar surface area (TPSA) is 112 Å². The van der Waals surface area contributed by atoms with Gasteiger partial charge in [-0.15, -0.1) is 0 Å². The Balaban J connectivity index is 0.000000212. The fourth-order valence-electron chi connectivity index (χ4n) is 5.28. The first-order valence-corrected chi connectivity index (χ1v) is 19.6. The number of ether oxygens (including phenoxy) is 3. The molecule has 0 spiro atoms. The third kappa shape index (κ3) is 12.6. The van der Waals surface area contributed by atoms with Crippen LogP contribution in [0, 0.1) is 11.8 Å². The van der Waals surface area contributed by atoms with Gasteiger partial charge >= 0.3 is 0 Å². The molecule has 6 rings (SSSR count). The van der Waals surface area contributed by atoms with Gasteiger partial charge in [0, 0.05) is 33.6 Å². The van der Waals surface area contributed by atoms with Crippen LogP contribution in [-0.2, 0) is 12.8 Å². The molecule has 0 radical (unpaired) electrons. The zero-order valence-electron chi connectivity index (χ0n) is 32.2. The summed E-state index contributed by atoms with van der Waals surface area (Å²) in [7, 11) is 4.69. The van der Waals surface area contributed by atoms with E-state index < -0.39 is 0 Å². The Morgan fingerprint density at radius 1 is 0.618 bits per heavy atom. The molecule has 3 N–H and O–H groups in total. The molecule has 0 fully saturated rings. The smallest absolute Gasteiger partial charge is 0.189 e. The molecule has 3 heterocycles. The van der Waals surface area contributed by atoms with Crippen LogP contribution in [0.1, 0.15) is 52.9 Å². The van der Waals surface area contributed by atoms with Gasteiger partial charge < -0.3 is 24.9 Å². The molecule has 0 bridgehead atoms. The molecular weight excluding hydrogens is 825 g/mol. The number of halogens is 6. The molecule has 14 heteroatoms. The number of fused-ring (bicyclic) bond motifs is 3. The normalized spacial score (nSPS) is 10.9. The van der Waals surface area contributed by atoms with Crippen molar-refractivity contribution in [3.63, 3.8) is 0 Å². The molecule has 0 amide bonds. The van der Waals surface area contributed by atoms with Crippen LogP contribution in [0.3, 0.4) is 0 Å². The second kappa shape index (κ2) is 21.4. The van der Waals surface area contributed by atoms with Gasteiger partial charge in [-0.2, -0.15) is 0 Å². The maximum Gasteiger partial charge on any atom is 0.189 e. The highest BCUT2D eigenvalue weighted by molar-refractivity contribution is 6.42. The van der Waals surface area contributed by atoms with Crippen molar-refractivity contribution >= 4 is 102 Å². The average Bonchev–Trinajstić information content (AvgIpc) is 3.09. The monoisotopic (exact) mass is 868 g/mol. The minimum absolute atomic E-state index is 0.0102. The highest BCUT2D eigenvalue weighted by Crippen LogP contribution is 2.37. The molecule has 3 aromatic heterocycles. The molecule has 8 nitrogen and oxygen atoms in total. The fraction of sp³-hybridized carbons (Fsp3) is 0.341. The molecular formula is C41H46Cl6N4O4. The number of rotatable bonds is 7. The van der Waals surface area contributed by atoms with Gasteiger partial charge in [-0.25, -0.2) is 4.98 Å². The Hall–Kier alpha value is -3.21. The predicted molar refractivity (Wildman–Crippen MR) is 234 cm³/mol. The zero-order chi connectivity index (χ0) is 41.1. The van der Waals surface area contributed by atoms with Crippen molar-refractivity contribution in [3.05, 3.63) is 106 Å². The maximum absolute atomic E-state index is 12.0. The van der Waals surface area contributed by atoms with E-state index in [0.717, 1.165) is 35.0 Å². The van der Waals surface area contributed by atoms with Crippen molar-refractivity contribution in [1.29, 1.82) is 0 Å². The van der Waals surface area contributed by atoms with Gasteiger partial charge in [0.25, 0.3) is 0 Å². The number of aromatic nitrogens is 3. The molecule has 0 saturated carbocycles. The number of pyridine rings is 3. The molecule has 0 aliphatic carbocycles. The van der Waals surface area contributed by atoms with Crippen molar-refractivity contribution < 1.29 is 14.2 Å². The third-order valence-electron chi connectivity index (χ3n) is 7.56. The summed E-state index contributed by atoms with van der Waals surface area (Å²) < 4.78 is 15.4. The Kier molecular flexibility index (Phi) is 17.9. The fourth-order valence-corrected chi connectivity index (χ4v) is 6.92. The van der Waals surface area contributed by atoms with Gasteiger partial charge in [0.05, 0.1) is 47.9 Å². The van der Waals surface area contributed by atoms with E-state index >= 15 is 0 Å². The van der Waals surface area contributed by atoms with Crippen molar-refractivity contribution in [1.82, 2.24) is 15.0 Å². The third-order valence-corrected chi connectivity index (χ3v) is 9.48. The molecule has 0 atom stereocenters. The lowest BCUT2D eigenvalue weighted by atomic mass is 10.1. The Morgan fingerprint density at radius 3 is 1.53 bits per heavy atom. The van der Waals surface area contributed by atoms with E-state index in [9.17, 15) is 4.79 Å². The summed E-state index contributed by atoms with van der Waals surface area (Å²) in [5.41, 5.74) is 8.87. The molecule has 55 heavy (non-hydrogen) atoms. The lowest BCUT2D eigenvalue weighted by Crippen LogP contribution is -2.07. The predicted octanol–water partition coefficient (Wildman–Crippen LogP) is 12.7. The summed E-state index contributed by atoms with van der Waals surface area (Å²) in [6, 6.07) is 16.1. The Labute approximate surface area is 352 Å². The molecule has 0 aliphatic rings. The number of benzene rings is 3. The van der Waals surface area contributed by atoms with E-state index in [0.29, 0.717) is 87.3 Å². The van der Waals surface area contributed by atoms with Crippen molar-refractivity contribution in [2.45, 2.75) is 60.4 Å². The molecule has 0 unspecified atom stereocenters. The van der Waals surface area contributed by atoms with Crippen LogP contribution in [0.2, 0.25) is 30.3 Å². The van der Waals surface area contributed by atoms with Crippen LogP contribution in [0.4, 0.5) is 0 Å². The first-order valence-electron chi connectivity index (χ1n) is 17.4. The van der Waals surface area contributed by atoms with E-state index in [-0.39, 0.29) is 5.43 Å². The minimum Gasteiger partial charge on any atom is -0.495 e.